The fourth-order valence-electron chi connectivity index (χ4n) is 3.39. The van der Waals surface area contributed by atoms with E-state index in [0.29, 0.717) is 23.3 Å². The van der Waals surface area contributed by atoms with Crippen LogP contribution in [0.2, 0.25) is 0 Å². The molecule has 19 heavy (non-hydrogen) atoms. The van der Waals surface area contributed by atoms with E-state index in [1.165, 1.54) is 6.42 Å². The van der Waals surface area contributed by atoms with Gasteiger partial charge >= 0.3 is 0 Å². The maximum Gasteiger partial charge on any atom is 0.169 e. The van der Waals surface area contributed by atoms with Crippen molar-refractivity contribution in [2.24, 2.45) is 23.7 Å². The van der Waals surface area contributed by atoms with Crippen molar-refractivity contribution >= 4 is 5.78 Å². The van der Waals surface area contributed by atoms with Crippen LogP contribution >= 0.6 is 0 Å². The van der Waals surface area contributed by atoms with Crippen LogP contribution in [0.1, 0.15) is 50.4 Å². The lowest BCUT2D eigenvalue weighted by molar-refractivity contribution is 0.0721. The van der Waals surface area contributed by atoms with E-state index in [4.69, 9.17) is 0 Å². The lowest BCUT2D eigenvalue weighted by Gasteiger charge is -2.36. The fourth-order valence-corrected chi connectivity index (χ4v) is 3.39. The van der Waals surface area contributed by atoms with Gasteiger partial charge in [0.15, 0.2) is 5.78 Å². The van der Waals surface area contributed by atoms with Crippen LogP contribution in [0.15, 0.2) is 24.3 Å². The summed E-state index contributed by atoms with van der Waals surface area (Å²) in [6.45, 7) is 6.62. The van der Waals surface area contributed by atoms with E-state index in [1.54, 1.807) is 18.2 Å². The number of carbonyl (C=O) groups excluding carboxylic acids is 1. The first-order valence-electron chi connectivity index (χ1n) is 7.33. The Labute approximate surface area is 115 Å². The maximum atomic E-state index is 12.7. The van der Waals surface area contributed by atoms with E-state index >= 15 is 0 Å². The molecule has 1 fully saturated rings. The highest BCUT2D eigenvalue weighted by Crippen LogP contribution is 2.40. The van der Waals surface area contributed by atoms with Gasteiger partial charge in [0.05, 0.1) is 5.56 Å². The summed E-state index contributed by atoms with van der Waals surface area (Å²) in [5.41, 5.74) is 0.493. The third-order valence-corrected chi connectivity index (χ3v) is 4.53. The smallest absolute Gasteiger partial charge is 0.169 e. The number of phenols is 1. The molecule has 0 spiro atoms. The van der Waals surface area contributed by atoms with E-state index < -0.39 is 0 Å². The number of carbonyl (C=O) groups is 1. The normalized spacial score (nSPS) is 27.5. The SMILES string of the molecule is CC(C)[C@@H]1CC[C@@H](C)C[C@H]1C(=O)c1ccccc1O. The van der Waals surface area contributed by atoms with Crippen molar-refractivity contribution in [1.29, 1.82) is 0 Å². The zero-order valence-electron chi connectivity index (χ0n) is 12.1. The minimum atomic E-state index is 0.0667. The molecule has 3 atom stereocenters. The summed E-state index contributed by atoms with van der Waals surface area (Å²) < 4.78 is 0. The van der Waals surface area contributed by atoms with Crippen molar-refractivity contribution in [3.8, 4) is 5.75 Å². The van der Waals surface area contributed by atoms with E-state index in [-0.39, 0.29) is 17.5 Å². The van der Waals surface area contributed by atoms with Crippen molar-refractivity contribution in [2.45, 2.75) is 40.0 Å². The van der Waals surface area contributed by atoms with Crippen LogP contribution in [0, 0.1) is 23.7 Å². The third kappa shape index (κ3) is 2.99. The first-order valence-corrected chi connectivity index (χ1v) is 7.33. The van der Waals surface area contributed by atoms with Crippen LogP contribution in [0.4, 0.5) is 0 Å². The number of rotatable bonds is 3. The van der Waals surface area contributed by atoms with E-state index in [2.05, 4.69) is 20.8 Å². The lowest BCUT2D eigenvalue weighted by Crippen LogP contribution is -2.33. The van der Waals surface area contributed by atoms with Gasteiger partial charge in [0.2, 0.25) is 0 Å². The minimum absolute atomic E-state index is 0.0667. The molecule has 1 saturated carbocycles. The maximum absolute atomic E-state index is 12.7. The molecule has 0 unspecified atom stereocenters. The Morgan fingerprint density at radius 3 is 2.58 bits per heavy atom. The molecular formula is C17H24O2. The third-order valence-electron chi connectivity index (χ3n) is 4.53. The zero-order valence-corrected chi connectivity index (χ0v) is 12.1. The van der Waals surface area contributed by atoms with Crippen LogP contribution in [-0.4, -0.2) is 10.9 Å². The Morgan fingerprint density at radius 1 is 1.26 bits per heavy atom. The summed E-state index contributed by atoms with van der Waals surface area (Å²) in [5.74, 6) is 1.89. The molecule has 0 bridgehead atoms. The van der Waals surface area contributed by atoms with Gasteiger partial charge in [-0.05, 0) is 42.7 Å². The molecule has 2 heteroatoms. The Hall–Kier alpha value is -1.31. The molecule has 2 nitrogen and oxygen atoms in total. The molecule has 0 aromatic heterocycles. The highest BCUT2D eigenvalue weighted by atomic mass is 16.3. The standard InChI is InChI=1S/C17H24O2/c1-11(2)13-9-8-12(3)10-15(13)17(19)14-6-4-5-7-16(14)18/h4-7,11-13,15,18H,8-10H2,1-3H3/t12-,13+,15-/m1/s1. The van der Waals surface area contributed by atoms with E-state index in [9.17, 15) is 9.90 Å². The molecule has 0 saturated heterocycles. The zero-order chi connectivity index (χ0) is 14.0. The van der Waals surface area contributed by atoms with Crippen molar-refractivity contribution in [2.75, 3.05) is 0 Å². The largest absolute Gasteiger partial charge is 0.507 e. The first kappa shape index (κ1) is 14.1. The highest BCUT2D eigenvalue weighted by Gasteiger charge is 2.36. The van der Waals surface area contributed by atoms with Gasteiger partial charge in [-0.1, -0.05) is 39.3 Å². The molecule has 1 N–H and O–H groups in total. The molecule has 0 radical (unpaired) electrons. The van der Waals surface area contributed by atoms with Crippen LogP contribution in [0.3, 0.4) is 0 Å². The Balaban J connectivity index is 2.27. The average molecular weight is 260 g/mol. The average Bonchev–Trinajstić information content (AvgIpc) is 2.38. The molecule has 1 aliphatic rings. The van der Waals surface area contributed by atoms with Gasteiger partial charge in [-0.2, -0.15) is 0 Å². The molecule has 104 valence electrons. The monoisotopic (exact) mass is 260 g/mol. The van der Waals surface area contributed by atoms with Gasteiger partial charge in [-0.25, -0.2) is 0 Å². The van der Waals surface area contributed by atoms with Gasteiger partial charge in [0, 0.05) is 5.92 Å². The number of aromatic hydroxyl groups is 1. The van der Waals surface area contributed by atoms with Gasteiger partial charge in [0.1, 0.15) is 5.75 Å². The minimum Gasteiger partial charge on any atom is -0.507 e. The number of Topliss-reactive ketones (excluding diaryl/α,β-unsaturated/α-hetero) is 1. The molecule has 0 amide bonds. The second kappa shape index (κ2) is 5.77. The molecule has 1 aromatic carbocycles. The van der Waals surface area contributed by atoms with Crippen LogP contribution in [0.25, 0.3) is 0 Å². The number of hydrogen-bond donors (Lipinski definition) is 1. The predicted octanol–water partition coefficient (Wildman–Crippen LogP) is 4.28. The summed E-state index contributed by atoms with van der Waals surface area (Å²) in [7, 11) is 0. The van der Waals surface area contributed by atoms with Crippen LogP contribution in [-0.2, 0) is 0 Å². The van der Waals surface area contributed by atoms with E-state index in [0.717, 1.165) is 12.8 Å². The van der Waals surface area contributed by atoms with Gasteiger partial charge in [0.25, 0.3) is 0 Å². The number of phenolic OH excluding ortho intramolecular Hbond substituents is 1. The van der Waals surface area contributed by atoms with Crippen LogP contribution in [0.5, 0.6) is 5.75 Å². The Morgan fingerprint density at radius 2 is 1.95 bits per heavy atom. The number of benzene rings is 1. The summed E-state index contributed by atoms with van der Waals surface area (Å²) in [6, 6.07) is 6.93. The van der Waals surface area contributed by atoms with Crippen molar-refractivity contribution in [3.05, 3.63) is 29.8 Å². The highest BCUT2D eigenvalue weighted by molar-refractivity contribution is 6.00. The Bertz CT molecular complexity index is 450. The lowest BCUT2D eigenvalue weighted by atomic mass is 9.67. The molecular weight excluding hydrogens is 236 g/mol. The number of hydrogen-bond acceptors (Lipinski definition) is 2. The quantitative estimate of drug-likeness (QED) is 0.823. The van der Waals surface area contributed by atoms with E-state index in [1.807, 2.05) is 6.07 Å². The molecule has 0 aliphatic heterocycles. The van der Waals surface area contributed by atoms with Gasteiger partial charge in [-0.15, -0.1) is 0 Å². The number of para-hydroxylation sites is 1. The Kier molecular flexibility index (Phi) is 4.28. The second-order valence-corrected chi connectivity index (χ2v) is 6.31. The molecule has 2 rings (SSSR count). The molecule has 1 aliphatic carbocycles. The summed E-state index contributed by atoms with van der Waals surface area (Å²) in [6.07, 6.45) is 3.30. The summed E-state index contributed by atoms with van der Waals surface area (Å²) in [5, 5.41) is 9.88. The fraction of sp³-hybridized carbons (Fsp3) is 0.588. The van der Waals surface area contributed by atoms with Gasteiger partial charge < -0.3 is 5.11 Å². The summed E-state index contributed by atoms with van der Waals surface area (Å²) in [4.78, 5) is 12.7. The van der Waals surface area contributed by atoms with Crippen molar-refractivity contribution < 1.29 is 9.90 Å². The van der Waals surface area contributed by atoms with Crippen LogP contribution < -0.4 is 0 Å². The number of ketones is 1. The molecule has 0 heterocycles. The second-order valence-electron chi connectivity index (χ2n) is 6.31. The van der Waals surface area contributed by atoms with Crippen molar-refractivity contribution in [3.63, 3.8) is 0 Å². The summed E-state index contributed by atoms with van der Waals surface area (Å²) >= 11 is 0. The van der Waals surface area contributed by atoms with Gasteiger partial charge in [-0.3, -0.25) is 4.79 Å². The predicted molar refractivity (Wildman–Crippen MR) is 77.3 cm³/mol. The molecule has 1 aromatic rings. The first-order chi connectivity index (χ1) is 9.00. The topological polar surface area (TPSA) is 37.3 Å². The van der Waals surface area contributed by atoms with Crippen molar-refractivity contribution in [1.82, 2.24) is 0 Å².